The highest BCUT2D eigenvalue weighted by Gasteiger charge is 2.29. The Kier molecular flexibility index (Phi) is 5.06. The maximum absolute atomic E-state index is 12.5. The molecule has 2 aliphatic rings. The van der Waals surface area contributed by atoms with E-state index in [-0.39, 0.29) is 12.0 Å². The molecule has 1 aromatic carbocycles. The molecule has 1 amide bonds. The van der Waals surface area contributed by atoms with Crippen LogP contribution in [-0.2, 0) is 16.0 Å². The Morgan fingerprint density at radius 1 is 1.17 bits per heavy atom. The molecule has 0 bridgehead atoms. The van der Waals surface area contributed by atoms with Crippen LogP contribution in [-0.4, -0.2) is 50.8 Å². The molecule has 0 aromatic heterocycles. The predicted octanol–water partition coefficient (Wildman–Crippen LogP) is 2.27. The van der Waals surface area contributed by atoms with Crippen molar-refractivity contribution in [1.82, 2.24) is 4.90 Å². The van der Waals surface area contributed by atoms with E-state index in [1.807, 2.05) is 23.1 Å². The fraction of sp³-hybridized carbons (Fsp3) is 0.611. The number of ether oxygens (including phenoxy) is 3. The molecule has 5 nitrogen and oxygen atoms in total. The van der Waals surface area contributed by atoms with Crippen LogP contribution in [0.2, 0.25) is 0 Å². The molecule has 5 heteroatoms. The van der Waals surface area contributed by atoms with E-state index in [4.69, 9.17) is 14.2 Å². The second kappa shape index (κ2) is 7.21. The lowest BCUT2D eigenvalue weighted by Gasteiger charge is -2.17. The van der Waals surface area contributed by atoms with Crippen molar-refractivity contribution in [3.05, 3.63) is 23.8 Å². The van der Waals surface area contributed by atoms with Gasteiger partial charge in [-0.15, -0.1) is 0 Å². The topological polar surface area (TPSA) is 48.0 Å². The SMILES string of the molecule is COc1ccc(CC(=O)N2CC[C@@H](OCC3CC3)C2)cc1OC. The van der Waals surface area contributed by atoms with Gasteiger partial charge in [0.05, 0.1) is 26.7 Å². The molecule has 1 aliphatic carbocycles. The number of hydrogen-bond donors (Lipinski definition) is 0. The Hall–Kier alpha value is -1.75. The first-order chi connectivity index (χ1) is 11.2. The maximum Gasteiger partial charge on any atom is 0.227 e. The average molecular weight is 319 g/mol. The zero-order chi connectivity index (χ0) is 16.2. The van der Waals surface area contributed by atoms with Crippen molar-refractivity contribution < 1.29 is 19.0 Å². The van der Waals surface area contributed by atoms with Crippen molar-refractivity contribution in [3.63, 3.8) is 0 Å². The van der Waals surface area contributed by atoms with Crippen LogP contribution in [0.4, 0.5) is 0 Å². The molecule has 0 unspecified atom stereocenters. The van der Waals surface area contributed by atoms with Crippen LogP contribution in [0.5, 0.6) is 11.5 Å². The third kappa shape index (κ3) is 4.16. The van der Waals surface area contributed by atoms with Gasteiger partial charge in [-0.1, -0.05) is 6.07 Å². The first-order valence-corrected chi connectivity index (χ1v) is 8.30. The molecule has 1 saturated heterocycles. The summed E-state index contributed by atoms with van der Waals surface area (Å²) in [5.74, 6) is 2.25. The summed E-state index contributed by atoms with van der Waals surface area (Å²) in [5.41, 5.74) is 0.940. The van der Waals surface area contributed by atoms with Gasteiger partial charge in [0, 0.05) is 19.7 Å². The van der Waals surface area contributed by atoms with E-state index in [0.29, 0.717) is 17.9 Å². The Balaban J connectivity index is 1.52. The Morgan fingerprint density at radius 3 is 2.65 bits per heavy atom. The molecule has 0 N–H and O–H groups in total. The van der Waals surface area contributed by atoms with Crippen molar-refractivity contribution in [2.75, 3.05) is 33.9 Å². The molecule has 0 spiro atoms. The van der Waals surface area contributed by atoms with Crippen LogP contribution in [0.25, 0.3) is 0 Å². The number of methoxy groups -OCH3 is 2. The molecular weight excluding hydrogens is 294 g/mol. The molecule has 1 saturated carbocycles. The molecule has 1 heterocycles. The van der Waals surface area contributed by atoms with Gasteiger partial charge in [0.25, 0.3) is 0 Å². The Labute approximate surface area is 137 Å². The molecule has 0 radical (unpaired) electrons. The number of hydrogen-bond acceptors (Lipinski definition) is 4. The molecule has 126 valence electrons. The van der Waals surface area contributed by atoms with Gasteiger partial charge in [-0.25, -0.2) is 0 Å². The third-order valence-corrected chi connectivity index (χ3v) is 4.57. The fourth-order valence-corrected chi connectivity index (χ4v) is 2.92. The van der Waals surface area contributed by atoms with Crippen LogP contribution in [0.1, 0.15) is 24.8 Å². The lowest BCUT2D eigenvalue weighted by Crippen LogP contribution is -2.31. The van der Waals surface area contributed by atoms with Gasteiger partial charge < -0.3 is 19.1 Å². The molecule has 23 heavy (non-hydrogen) atoms. The Morgan fingerprint density at radius 2 is 1.96 bits per heavy atom. The lowest BCUT2D eigenvalue weighted by atomic mass is 10.1. The number of nitrogens with zero attached hydrogens (tertiary/aromatic N) is 1. The van der Waals surface area contributed by atoms with E-state index >= 15 is 0 Å². The molecule has 1 aromatic rings. The highest BCUT2D eigenvalue weighted by atomic mass is 16.5. The number of likely N-dealkylation sites (tertiary alicyclic amines) is 1. The first kappa shape index (κ1) is 16.1. The van der Waals surface area contributed by atoms with Crippen molar-refractivity contribution in [2.45, 2.75) is 31.8 Å². The summed E-state index contributed by atoms with van der Waals surface area (Å²) in [7, 11) is 3.21. The number of amides is 1. The fourth-order valence-electron chi connectivity index (χ4n) is 2.92. The smallest absolute Gasteiger partial charge is 0.227 e. The summed E-state index contributed by atoms with van der Waals surface area (Å²) in [6.07, 6.45) is 4.15. The molecule has 3 rings (SSSR count). The van der Waals surface area contributed by atoms with E-state index < -0.39 is 0 Å². The highest BCUT2D eigenvalue weighted by molar-refractivity contribution is 5.79. The second-order valence-electron chi connectivity index (χ2n) is 6.39. The van der Waals surface area contributed by atoms with Gasteiger partial charge in [0.15, 0.2) is 11.5 Å². The molecular formula is C18H25NO4. The van der Waals surface area contributed by atoms with Crippen molar-refractivity contribution in [2.24, 2.45) is 5.92 Å². The van der Waals surface area contributed by atoms with Crippen molar-refractivity contribution in [3.8, 4) is 11.5 Å². The lowest BCUT2D eigenvalue weighted by molar-refractivity contribution is -0.130. The summed E-state index contributed by atoms with van der Waals surface area (Å²) in [6.45, 7) is 2.38. The summed E-state index contributed by atoms with van der Waals surface area (Å²) in [4.78, 5) is 14.4. The molecule has 2 fully saturated rings. The minimum absolute atomic E-state index is 0.148. The molecule has 1 aliphatic heterocycles. The largest absolute Gasteiger partial charge is 0.493 e. The van der Waals surface area contributed by atoms with E-state index in [2.05, 4.69) is 0 Å². The number of benzene rings is 1. The second-order valence-corrected chi connectivity index (χ2v) is 6.39. The number of carbonyl (C=O) groups is 1. The van der Waals surface area contributed by atoms with E-state index in [9.17, 15) is 4.79 Å². The van der Waals surface area contributed by atoms with Crippen LogP contribution in [0.3, 0.4) is 0 Å². The number of carbonyl (C=O) groups excluding carboxylic acids is 1. The van der Waals surface area contributed by atoms with Crippen LogP contribution >= 0.6 is 0 Å². The van der Waals surface area contributed by atoms with Crippen molar-refractivity contribution >= 4 is 5.91 Å². The number of rotatable bonds is 7. The minimum Gasteiger partial charge on any atom is -0.493 e. The van der Waals surface area contributed by atoms with Crippen LogP contribution in [0.15, 0.2) is 18.2 Å². The normalized spacial score (nSPS) is 20.6. The minimum atomic E-state index is 0.148. The Bertz CT molecular complexity index is 556. The summed E-state index contributed by atoms with van der Waals surface area (Å²) < 4.78 is 16.4. The van der Waals surface area contributed by atoms with Gasteiger partial charge in [0.2, 0.25) is 5.91 Å². The zero-order valence-corrected chi connectivity index (χ0v) is 13.9. The monoisotopic (exact) mass is 319 g/mol. The van der Waals surface area contributed by atoms with Gasteiger partial charge >= 0.3 is 0 Å². The van der Waals surface area contributed by atoms with Crippen LogP contribution < -0.4 is 9.47 Å². The van der Waals surface area contributed by atoms with Gasteiger partial charge in [0.1, 0.15) is 0 Å². The third-order valence-electron chi connectivity index (χ3n) is 4.57. The standard InChI is InChI=1S/C18H25NO4/c1-21-16-6-5-14(9-17(16)22-2)10-18(20)19-8-7-15(11-19)23-12-13-3-4-13/h5-6,9,13,15H,3-4,7-8,10-12H2,1-2H3/t15-/m1/s1. The average Bonchev–Trinajstić information content (AvgIpc) is 3.28. The summed E-state index contributed by atoms with van der Waals surface area (Å²) >= 11 is 0. The van der Waals surface area contributed by atoms with E-state index in [0.717, 1.165) is 37.6 Å². The first-order valence-electron chi connectivity index (χ1n) is 8.30. The highest BCUT2D eigenvalue weighted by Crippen LogP contribution is 2.30. The van der Waals surface area contributed by atoms with Gasteiger partial charge in [-0.2, -0.15) is 0 Å². The van der Waals surface area contributed by atoms with E-state index in [1.165, 1.54) is 12.8 Å². The summed E-state index contributed by atoms with van der Waals surface area (Å²) in [6, 6.07) is 5.62. The van der Waals surface area contributed by atoms with Gasteiger partial charge in [-0.05, 0) is 42.9 Å². The zero-order valence-electron chi connectivity index (χ0n) is 13.9. The molecule has 1 atom stereocenters. The van der Waals surface area contributed by atoms with E-state index in [1.54, 1.807) is 14.2 Å². The predicted molar refractivity (Wildman–Crippen MR) is 86.9 cm³/mol. The van der Waals surface area contributed by atoms with Gasteiger partial charge in [-0.3, -0.25) is 4.79 Å². The maximum atomic E-state index is 12.5. The summed E-state index contributed by atoms with van der Waals surface area (Å²) in [5, 5.41) is 0. The quantitative estimate of drug-likeness (QED) is 0.773. The van der Waals surface area contributed by atoms with Crippen LogP contribution in [0, 0.1) is 5.92 Å². The van der Waals surface area contributed by atoms with Crippen molar-refractivity contribution in [1.29, 1.82) is 0 Å².